The van der Waals surface area contributed by atoms with Crippen LogP contribution in [0.25, 0.3) is 0 Å². The lowest BCUT2D eigenvalue weighted by Crippen LogP contribution is -2.28. The maximum absolute atomic E-state index is 12.6. The average molecular weight is 385 g/mol. The van der Waals surface area contributed by atoms with Crippen LogP contribution in [0.1, 0.15) is 56.2 Å². The van der Waals surface area contributed by atoms with Crippen molar-refractivity contribution in [2.24, 2.45) is 0 Å². The summed E-state index contributed by atoms with van der Waals surface area (Å²) in [5.41, 5.74) is 4.31. The number of rotatable bonds is 9. The van der Waals surface area contributed by atoms with Gasteiger partial charge in [-0.05, 0) is 40.7 Å². The van der Waals surface area contributed by atoms with Gasteiger partial charge in [-0.2, -0.15) is 0 Å². The molecule has 0 unspecified atom stereocenters. The van der Waals surface area contributed by atoms with Crippen molar-refractivity contribution < 1.29 is 14.3 Å². The lowest BCUT2D eigenvalue weighted by atomic mass is 9.92. The minimum Gasteiger partial charge on any atom is -0.493 e. The smallest absolute Gasteiger partial charge is 0.238 e. The predicted molar refractivity (Wildman–Crippen MR) is 115 cm³/mol. The number of ether oxygens (including phenoxy) is 2. The van der Waals surface area contributed by atoms with Crippen molar-refractivity contribution in [3.8, 4) is 11.5 Å². The molecule has 2 aromatic carbocycles. The molecule has 0 saturated heterocycles. The third-order valence-electron chi connectivity index (χ3n) is 4.70. The van der Waals surface area contributed by atoms with Gasteiger partial charge in [-0.3, -0.25) is 4.79 Å². The van der Waals surface area contributed by atoms with Gasteiger partial charge in [0.1, 0.15) is 0 Å². The van der Waals surface area contributed by atoms with Crippen LogP contribution in [0.5, 0.6) is 11.5 Å². The van der Waals surface area contributed by atoms with Gasteiger partial charge in [0, 0.05) is 12.2 Å². The zero-order valence-electron chi connectivity index (χ0n) is 17.8. The molecule has 2 N–H and O–H groups in total. The fraction of sp³-hybridized carbons (Fsp3) is 0.435. The maximum Gasteiger partial charge on any atom is 0.238 e. The largest absolute Gasteiger partial charge is 0.493 e. The van der Waals surface area contributed by atoms with E-state index in [4.69, 9.17) is 9.47 Å². The van der Waals surface area contributed by atoms with E-state index in [2.05, 4.69) is 56.5 Å². The molecule has 0 radical (unpaired) electrons. The number of amides is 1. The van der Waals surface area contributed by atoms with Gasteiger partial charge < -0.3 is 20.1 Å². The van der Waals surface area contributed by atoms with Gasteiger partial charge in [-0.15, -0.1) is 0 Å². The van der Waals surface area contributed by atoms with Crippen LogP contribution < -0.4 is 20.1 Å². The first kappa shape index (κ1) is 21.8. The zero-order chi connectivity index (χ0) is 20.7. The first-order valence-electron chi connectivity index (χ1n) is 9.71. The van der Waals surface area contributed by atoms with E-state index in [0.717, 1.165) is 11.3 Å². The first-order valence-corrected chi connectivity index (χ1v) is 9.71. The second kappa shape index (κ2) is 10.1. The summed E-state index contributed by atoms with van der Waals surface area (Å²) >= 11 is 0. The number of carbonyl (C=O) groups excluding carboxylic acids is 1. The van der Waals surface area contributed by atoms with E-state index in [1.807, 2.05) is 18.2 Å². The second-order valence-corrected chi connectivity index (χ2v) is 7.46. The van der Waals surface area contributed by atoms with E-state index in [-0.39, 0.29) is 12.5 Å². The molecule has 152 valence electrons. The quantitative estimate of drug-likeness (QED) is 0.659. The first-order chi connectivity index (χ1) is 13.4. The Balaban J connectivity index is 2.02. The van der Waals surface area contributed by atoms with Crippen LogP contribution in [0.4, 0.5) is 5.69 Å². The minimum atomic E-state index is -0.0459. The summed E-state index contributed by atoms with van der Waals surface area (Å²) in [4.78, 5) is 12.6. The molecular formula is C23H32N2O3. The molecule has 0 aliphatic heterocycles. The third kappa shape index (κ3) is 5.49. The molecule has 0 fully saturated rings. The van der Waals surface area contributed by atoms with Crippen molar-refractivity contribution in [3.05, 3.63) is 53.1 Å². The van der Waals surface area contributed by atoms with Crippen LogP contribution in [-0.4, -0.2) is 26.7 Å². The number of carbonyl (C=O) groups is 1. The molecule has 5 heteroatoms. The number of hydrogen-bond acceptors (Lipinski definition) is 4. The molecular weight excluding hydrogens is 352 g/mol. The molecule has 0 bridgehead atoms. The fourth-order valence-electron chi connectivity index (χ4n) is 3.19. The van der Waals surface area contributed by atoms with E-state index < -0.39 is 0 Å². The Kier molecular flexibility index (Phi) is 7.88. The lowest BCUT2D eigenvalue weighted by Gasteiger charge is -2.20. The number of para-hydroxylation sites is 1. The van der Waals surface area contributed by atoms with Gasteiger partial charge in [0.2, 0.25) is 5.91 Å². The monoisotopic (exact) mass is 384 g/mol. The molecule has 28 heavy (non-hydrogen) atoms. The Hall–Kier alpha value is -2.53. The van der Waals surface area contributed by atoms with Gasteiger partial charge >= 0.3 is 0 Å². The summed E-state index contributed by atoms with van der Waals surface area (Å²) in [6.07, 6.45) is 0. The highest BCUT2D eigenvalue weighted by Crippen LogP contribution is 2.32. The Labute approximate surface area is 168 Å². The molecule has 0 saturated carbocycles. The van der Waals surface area contributed by atoms with E-state index in [0.29, 0.717) is 29.9 Å². The summed E-state index contributed by atoms with van der Waals surface area (Å²) < 4.78 is 10.6. The molecule has 0 aliphatic carbocycles. The van der Waals surface area contributed by atoms with Crippen molar-refractivity contribution in [2.45, 2.75) is 46.1 Å². The summed E-state index contributed by atoms with van der Waals surface area (Å²) in [7, 11) is 3.22. The SMILES string of the molecule is COc1ccc(CNCC(=O)Nc2c(C(C)C)cccc2C(C)C)cc1OC. The Morgan fingerprint density at radius 2 is 1.54 bits per heavy atom. The van der Waals surface area contributed by atoms with Gasteiger partial charge in [0.25, 0.3) is 0 Å². The molecule has 2 aromatic rings. The van der Waals surface area contributed by atoms with Crippen molar-refractivity contribution in [2.75, 3.05) is 26.1 Å². The molecule has 2 rings (SSSR count). The van der Waals surface area contributed by atoms with E-state index >= 15 is 0 Å². The van der Waals surface area contributed by atoms with Crippen LogP contribution in [0, 0.1) is 0 Å². The summed E-state index contributed by atoms with van der Waals surface area (Å²) in [6, 6.07) is 12.0. The van der Waals surface area contributed by atoms with Crippen LogP contribution in [0.3, 0.4) is 0 Å². The fourth-order valence-corrected chi connectivity index (χ4v) is 3.19. The minimum absolute atomic E-state index is 0.0459. The molecule has 0 spiro atoms. The van der Waals surface area contributed by atoms with Crippen molar-refractivity contribution in [1.82, 2.24) is 5.32 Å². The molecule has 0 atom stereocenters. The van der Waals surface area contributed by atoms with Crippen LogP contribution in [0.2, 0.25) is 0 Å². The van der Waals surface area contributed by atoms with Crippen LogP contribution in [0.15, 0.2) is 36.4 Å². The van der Waals surface area contributed by atoms with Gasteiger partial charge in [0.15, 0.2) is 11.5 Å². The molecule has 0 aromatic heterocycles. The summed E-state index contributed by atoms with van der Waals surface area (Å²) in [5, 5.41) is 6.32. The number of anilines is 1. The Bertz CT molecular complexity index is 774. The van der Waals surface area contributed by atoms with Crippen molar-refractivity contribution in [3.63, 3.8) is 0 Å². The number of nitrogens with one attached hydrogen (secondary N) is 2. The molecule has 1 amide bonds. The van der Waals surface area contributed by atoms with Crippen molar-refractivity contribution in [1.29, 1.82) is 0 Å². The van der Waals surface area contributed by atoms with Crippen LogP contribution >= 0.6 is 0 Å². The Morgan fingerprint density at radius 3 is 2.07 bits per heavy atom. The Morgan fingerprint density at radius 1 is 0.929 bits per heavy atom. The molecule has 0 heterocycles. The third-order valence-corrected chi connectivity index (χ3v) is 4.70. The van der Waals surface area contributed by atoms with Crippen molar-refractivity contribution >= 4 is 11.6 Å². The highest BCUT2D eigenvalue weighted by molar-refractivity contribution is 5.94. The molecule has 0 aliphatic rings. The van der Waals surface area contributed by atoms with Gasteiger partial charge in [0.05, 0.1) is 20.8 Å². The second-order valence-electron chi connectivity index (χ2n) is 7.46. The van der Waals surface area contributed by atoms with Gasteiger partial charge in [-0.25, -0.2) is 0 Å². The van der Waals surface area contributed by atoms with Gasteiger partial charge in [-0.1, -0.05) is 52.0 Å². The lowest BCUT2D eigenvalue weighted by molar-refractivity contribution is -0.115. The zero-order valence-corrected chi connectivity index (χ0v) is 17.8. The number of benzene rings is 2. The normalized spacial score (nSPS) is 11.0. The summed E-state index contributed by atoms with van der Waals surface area (Å²) in [6.45, 7) is 9.37. The van der Waals surface area contributed by atoms with E-state index in [9.17, 15) is 4.79 Å². The predicted octanol–water partition coefficient (Wildman–Crippen LogP) is 4.68. The van der Waals surface area contributed by atoms with Crippen LogP contribution in [-0.2, 0) is 11.3 Å². The number of methoxy groups -OCH3 is 2. The number of hydrogen-bond donors (Lipinski definition) is 2. The maximum atomic E-state index is 12.6. The van der Waals surface area contributed by atoms with E-state index in [1.54, 1.807) is 14.2 Å². The highest BCUT2D eigenvalue weighted by atomic mass is 16.5. The highest BCUT2D eigenvalue weighted by Gasteiger charge is 2.15. The molecule has 5 nitrogen and oxygen atoms in total. The van der Waals surface area contributed by atoms with E-state index in [1.165, 1.54) is 11.1 Å². The topological polar surface area (TPSA) is 59.6 Å². The standard InChI is InChI=1S/C23H32N2O3/c1-15(2)18-8-7-9-19(16(3)4)23(18)25-22(26)14-24-13-17-10-11-20(27-5)21(12-17)28-6/h7-12,15-16,24H,13-14H2,1-6H3,(H,25,26). The summed E-state index contributed by atoms with van der Waals surface area (Å²) in [5.74, 6) is 2.01. The average Bonchev–Trinajstić information content (AvgIpc) is 2.67.